The van der Waals surface area contributed by atoms with Gasteiger partial charge in [-0.25, -0.2) is 9.97 Å². The van der Waals surface area contributed by atoms with Crippen LogP contribution in [0.5, 0.6) is 0 Å². The van der Waals surface area contributed by atoms with E-state index in [-0.39, 0.29) is 0 Å². The van der Waals surface area contributed by atoms with E-state index in [4.69, 9.17) is 22.3 Å². The molecule has 29 heavy (non-hydrogen) atoms. The molecule has 5 heteroatoms. The van der Waals surface area contributed by atoms with Crippen LogP contribution in [0.2, 0.25) is 5.02 Å². The zero-order valence-electron chi connectivity index (χ0n) is 15.8. The highest BCUT2D eigenvalue weighted by Crippen LogP contribution is 2.24. The van der Waals surface area contributed by atoms with Crippen molar-refractivity contribution >= 4 is 46.2 Å². The van der Waals surface area contributed by atoms with Gasteiger partial charge in [0.2, 0.25) is 0 Å². The fourth-order valence-corrected chi connectivity index (χ4v) is 3.24. The van der Waals surface area contributed by atoms with Crippen LogP contribution in [-0.2, 0) is 6.42 Å². The summed E-state index contributed by atoms with van der Waals surface area (Å²) in [5, 5.41) is 5.05. The van der Waals surface area contributed by atoms with Crippen LogP contribution in [0.1, 0.15) is 17.0 Å². The Morgan fingerprint density at radius 3 is 2.48 bits per heavy atom. The molecule has 3 N–H and O–H groups in total. The highest BCUT2D eigenvalue weighted by molar-refractivity contribution is 6.31. The van der Waals surface area contributed by atoms with Crippen molar-refractivity contribution in [2.24, 2.45) is 0 Å². The van der Waals surface area contributed by atoms with Gasteiger partial charge in [-0.2, -0.15) is 0 Å². The summed E-state index contributed by atoms with van der Waals surface area (Å²) in [6, 6.07) is 23.7. The topological polar surface area (TPSA) is 63.8 Å². The molecule has 4 nitrogen and oxygen atoms in total. The van der Waals surface area contributed by atoms with Crippen LogP contribution in [0, 0.1) is 0 Å². The van der Waals surface area contributed by atoms with E-state index in [1.54, 1.807) is 0 Å². The van der Waals surface area contributed by atoms with Crippen molar-refractivity contribution < 1.29 is 0 Å². The molecule has 0 atom stereocenters. The van der Waals surface area contributed by atoms with Gasteiger partial charge in [0, 0.05) is 22.6 Å². The van der Waals surface area contributed by atoms with Gasteiger partial charge < -0.3 is 11.1 Å². The number of nitrogens with one attached hydrogen (secondary N) is 1. The Morgan fingerprint density at radius 1 is 0.897 bits per heavy atom. The van der Waals surface area contributed by atoms with Gasteiger partial charge in [-0.15, -0.1) is 0 Å². The molecule has 0 aliphatic carbocycles. The third kappa shape index (κ3) is 4.92. The second-order valence-electron chi connectivity index (χ2n) is 6.75. The molecule has 3 aromatic carbocycles. The third-order valence-corrected chi connectivity index (χ3v) is 4.82. The Balaban J connectivity index is 1.59. The fraction of sp³-hybridized carbons (Fsp3) is 0.0833. The Kier molecular flexibility index (Phi) is 5.73. The Labute approximate surface area is 175 Å². The van der Waals surface area contributed by atoms with Gasteiger partial charge in [-0.1, -0.05) is 60.1 Å². The van der Waals surface area contributed by atoms with Crippen LogP contribution >= 0.6 is 11.6 Å². The lowest BCUT2D eigenvalue weighted by atomic mass is 10.1. The predicted octanol–water partition coefficient (Wildman–Crippen LogP) is 5.69. The molecule has 4 rings (SSSR count). The maximum Gasteiger partial charge on any atom is 0.154 e. The number of benzene rings is 3. The minimum Gasteiger partial charge on any atom is -0.399 e. The first-order chi connectivity index (χ1) is 14.2. The van der Waals surface area contributed by atoms with Gasteiger partial charge in [0.25, 0.3) is 0 Å². The smallest absolute Gasteiger partial charge is 0.154 e. The first-order valence-corrected chi connectivity index (χ1v) is 9.84. The van der Waals surface area contributed by atoms with Crippen LogP contribution in [0.4, 0.5) is 11.5 Å². The molecule has 0 aliphatic heterocycles. The maximum absolute atomic E-state index is 6.18. The Bertz CT molecular complexity index is 1140. The molecule has 0 unspecified atom stereocenters. The van der Waals surface area contributed by atoms with Gasteiger partial charge in [-0.3, -0.25) is 0 Å². The second-order valence-corrected chi connectivity index (χ2v) is 7.19. The molecule has 0 saturated heterocycles. The normalized spacial score (nSPS) is 11.2. The number of anilines is 2. The molecule has 1 heterocycles. The van der Waals surface area contributed by atoms with Gasteiger partial charge in [0.1, 0.15) is 5.82 Å². The monoisotopic (exact) mass is 400 g/mol. The summed E-state index contributed by atoms with van der Waals surface area (Å²) in [5.74, 6) is 1.44. The van der Waals surface area contributed by atoms with E-state index in [9.17, 15) is 0 Å². The molecular formula is C24H21ClN4. The molecule has 0 aliphatic rings. The summed E-state index contributed by atoms with van der Waals surface area (Å²) in [4.78, 5) is 9.37. The SMILES string of the molecule is Nc1ccc(CCNc2nc(/C=C/c3ccccc3)nc3cc(Cl)ccc23)cc1. The van der Waals surface area contributed by atoms with E-state index in [2.05, 4.69) is 10.3 Å². The zero-order valence-corrected chi connectivity index (χ0v) is 16.6. The number of hydrogen-bond acceptors (Lipinski definition) is 4. The first-order valence-electron chi connectivity index (χ1n) is 9.46. The average Bonchev–Trinajstić information content (AvgIpc) is 2.74. The molecule has 0 saturated carbocycles. The highest BCUT2D eigenvalue weighted by Gasteiger charge is 2.07. The van der Waals surface area contributed by atoms with Crippen LogP contribution in [0.3, 0.4) is 0 Å². The van der Waals surface area contributed by atoms with Crippen LogP contribution in [0.15, 0.2) is 72.8 Å². The molecule has 144 valence electrons. The first kappa shape index (κ1) is 19.0. The van der Waals surface area contributed by atoms with Crippen molar-refractivity contribution in [3.05, 3.63) is 94.8 Å². The molecule has 4 aromatic rings. The van der Waals surface area contributed by atoms with E-state index in [1.807, 2.05) is 84.9 Å². The summed E-state index contributed by atoms with van der Waals surface area (Å²) >= 11 is 6.18. The largest absolute Gasteiger partial charge is 0.399 e. The third-order valence-electron chi connectivity index (χ3n) is 4.59. The van der Waals surface area contributed by atoms with Crippen LogP contribution in [0.25, 0.3) is 23.1 Å². The van der Waals surface area contributed by atoms with Crippen molar-refractivity contribution in [3.63, 3.8) is 0 Å². The van der Waals surface area contributed by atoms with Crippen molar-refractivity contribution in [1.82, 2.24) is 9.97 Å². The van der Waals surface area contributed by atoms with Crippen molar-refractivity contribution in [1.29, 1.82) is 0 Å². The van der Waals surface area contributed by atoms with Crippen molar-refractivity contribution in [2.75, 3.05) is 17.6 Å². The Hall–Kier alpha value is -3.37. The van der Waals surface area contributed by atoms with Crippen molar-refractivity contribution in [2.45, 2.75) is 6.42 Å². The summed E-state index contributed by atoms with van der Waals surface area (Å²) in [6.07, 6.45) is 4.79. The van der Waals surface area contributed by atoms with E-state index in [1.165, 1.54) is 5.56 Å². The van der Waals surface area contributed by atoms with Crippen LogP contribution in [-0.4, -0.2) is 16.5 Å². The number of aromatic nitrogens is 2. The maximum atomic E-state index is 6.18. The number of rotatable bonds is 6. The lowest BCUT2D eigenvalue weighted by molar-refractivity contribution is 1.00. The summed E-state index contributed by atoms with van der Waals surface area (Å²) in [6.45, 7) is 0.750. The molecule has 0 radical (unpaired) electrons. The molecule has 0 spiro atoms. The van der Waals surface area contributed by atoms with E-state index < -0.39 is 0 Å². The Morgan fingerprint density at radius 2 is 1.69 bits per heavy atom. The number of nitrogen functional groups attached to an aromatic ring is 1. The van der Waals surface area contributed by atoms with E-state index in [0.717, 1.165) is 40.9 Å². The number of halogens is 1. The standard InChI is InChI=1S/C24H21ClN4/c25-19-9-12-21-22(16-19)28-23(13-8-17-4-2-1-3-5-17)29-24(21)27-15-14-18-6-10-20(26)11-7-18/h1-13,16H,14-15,26H2,(H,27,28,29)/b13-8+. The van der Waals surface area contributed by atoms with Crippen molar-refractivity contribution in [3.8, 4) is 0 Å². The number of nitrogens with zero attached hydrogens (tertiary/aromatic N) is 2. The minimum absolute atomic E-state index is 0.638. The summed E-state index contributed by atoms with van der Waals surface area (Å²) < 4.78 is 0. The zero-order chi connectivity index (χ0) is 20.1. The molecule has 0 amide bonds. The van der Waals surface area contributed by atoms with Gasteiger partial charge in [0.15, 0.2) is 5.82 Å². The number of fused-ring (bicyclic) bond motifs is 1. The lowest BCUT2D eigenvalue weighted by Gasteiger charge is -2.10. The predicted molar refractivity (Wildman–Crippen MR) is 123 cm³/mol. The molecular weight excluding hydrogens is 380 g/mol. The molecule has 0 bridgehead atoms. The van der Waals surface area contributed by atoms with Gasteiger partial charge >= 0.3 is 0 Å². The summed E-state index contributed by atoms with van der Waals surface area (Å²) in [7, 11) is 0. The average molecular weight is 401 g/mol. The number of hydrogen-bond donors (Lipinski definition) is 2. The number of nitrogens with two attached hydrogens (primary N) is 1. The quantitative estimate of drug-likeness (QED) is 0.408. The minimum atomic E-state index is 0.638. The summed E-state index contributed by atoms with van der Waals surface area (Å²) in [5.41, 5.74) is 9.66. The van der Waals surface area contributed by atoms with Crippen LogP contribution < -0.4 is 11.1 Å². The van der Waals surface area contributed by atoms with Gasteiger partial charge in [0.05, 0.1) is 5.52 Å². The second kappa shape index (κ2) is 8.76. The highest BCUT2D eigenvalue weighted by atomic mass is 35.5. The molecule has 1 aromatic heterocycles. The lowest BCUT2D eigenvalue weighted by Crippen LogP contribution is -2.08. The van der Waals surface area contributed by atoms with E-state index >= 15 is 0 Å². The fourth-order valence-electron chi connectivity index (χ4n) is 3.07. The van der Waals surface area contributed by atoms with Gasteiger partial charge in [-0.05, 0) is 54.0 Å². The molecule has 0 fully saturated rings. The van der Waals surface area contributed by atoms with E-state index in [0.29, 0.717) is 10.8 Å².